The number of nitrogens with one attached hydrogen (secondary N) is 1. The zero-order valence-electron chi connectivity index (χ0n) is 18.2. The van der Waals surface area contributed by atoms with E-state index in [0.29, 0.717) is 24.4 Å². The van der Waals surface area contributed by atoms with E-state index < -0.39 is 11.8 Å². The molecule has 2 amide bonds. The fraction of sp³-hybridized carbons (Fsp3) is 0.348. The maximum Gasteiger partial charge on any atom is 0.255 e. The van der Waals surface area contributed by atoms with Gasteiger partial charge in [0, 0.05) is 30.5 Å². The number of nitrogens with zero attached hydrogens (tertiary/aromatic N) is 2. The van der Waals surface area contributed by atoms with Crippen LogP contribution in [-0.4, -0.2) is 55.2 Å². The van der Waals surface area contributed by atoms with Gasteiger partial charge < -0.3 is 25.2 Å². The lowest BCUT2D eigenvalue weighted by atomic mass is 9.91. The summed E-state index contributed by atoms with van der Waals surface area (Å²) in [4.78, 5) is 26.6. The lowest BCUT2D eigenvalue weighted by Crippen LogP contribution is -2.39. The predicted molar refractivity (Wildman–Crippen MR) is 123 cm³/mol. The number of hydrogen-bond acceptors (Lipinski definition) is 6. The molecule has 176 valence electrons. The molecule has 0 atom stereocenters. The van der Waals surface area contributed by atoms with Crippen LogP contribution in [0.15, 0.2) is 40.9 Å². The van der Waals surface area contributed by atoms with Gasteiger partial charge in [0.05, 0.1) is 23.9 Å². The maximum atomic E-state index is 13.4. The van der Waals surface area contributed by atoms with Gasteiger partial charge in [-0.15, -0.1) is 12.4 Å². The average molecular weight is 477 g/mol. The van der Waals surface area contributed by atoms with Crippen LogP contribution in [0.1, 0.15) is 45.2 Å². The second kappa shape index (κ2) is 10.6. The number of primary amides is 1. The van der Waals surface area contributed by atoms with Gasteiger partial charge in [0.15, 0.2) is 5.58 Å². The number of benzene rings is 2. The van der Waals surface area contributed by atoms with Crippen molar-refractivity contribution >= 4 is 35.2 Å². The first kappa shape index (κ1) is 24.5. The van der Waals surface area contributed by atoms with Crippen molar-refractivity contribution in [2.75, 3.05) is 33.3 Å². The number of rotatable bonds is 7. The topological polar surface area (TPSA) is 111 Å². The van der Waals surface area contributed by atoms with Crippen LogP contribution >= 0.6 is 12.4 Å². The molecule has 33 heavy (non-hydrogen) atoms. The molecule has 1 saturated heterocycles. The first-order valence-electron chi connectivity index (χ1n) is 10.5. The first-order valence-corrected chi connectivity index (χ1v) is 10.5. The van der Waals surface area contributed by atoms with Crippen molar-refractivity contribution in [1.82, 2.24) is 15.4 Å². The molecule has 2 aromatic carbocycles. The molecule has 0 aliphatic carbocycles. The molecule has 3 N–H and O–H groups in total. The number of carbonyl (C=O) groups is 2. The second-order valence-electron chi connectivity index (χ2n) is 7.83. The fourth-order valence-electron chi connectivity index (χ4n) is 4.21. The maximum absolute atomic E-state index is 13.4. The van der Waals surface area contributed by atoms with Crippen LogP contribution < -0.4 is 15.8 Å². The molecule has 1 aromatic heterocycles. The Balaban J connectivity index is 0.00000306. The summed E-state index contributed by atoms with van der Waals surface area (Å²) in [5.41, 5.74) is 7.03. The van der Waals surface area contributed by atoms with Crippen LogP contribution in [0.4, 0.5) is 4.39 Å². The Hall–Kier alpha value is -3.17. The minimum Gasteiger partial charge on any atom is -0.496 e. The van der Waals surface area contributed by atoms with Crippen LogP contribution in [0.25, 0.3) is 11.0 Å². The number of halogens is 2. The molecule has 1 aliphatic heterocycles. The Morgan fingerprint density at radius 3 is 2.73 bits per heavy atom. The number of methoxy groups -OCH3 is 1. The monoisotopic (exact) mass is 476 g/mol. The fourth-order valence-corrected chi connectivity index (χ4v) is 4.21. The molecule has 0 radical (unpaired) electrons. The van der Waals surface area contributed by atoms with Gasteiger partial charge in [0.2, 0.25) is 5.91 Å². The van der Waals surface area contributed by atoms with E-state index in [1.807, 2.05) is 0 Å². The normalized spacial score (nSPS) is 14.6. The number of carbonyl (C=O) groups excluding carboxylic acids is 2. The summed E-state index contributed by atoms with van der Waals surface area (Å²) >= 11 is 0. The summed E-state index contributed by atoms with van der Waals surface area (Å²) in [5, 5.41) is 7.89. The van der Waals surface area contributed by atoms with Crippen LogP contribution in [0, 0.1) is 5.82 Å². The molecule has 1 aliphatic rings. The molecule has 0 saturated carbocycles. The molecule has 0 unspecified atom stereocenters. The lowest BCUT2D eigenvalue weighted by Gasteiger charge is -2.31. The van der Waals surface area contributed by atoms with Gasteiger partial charge in [-0.25, -0.2) is 4.39 Å². The first-order chi connectivity index (χ1) is 15.5. The number of fused-ring (bicyclic) bond motifs is 1. The lowest BCUT2D eigenvalue weighted by molar-refractivity contribution is 0.0926. The number of aromatic nitrogens is 1. The molecular formula is C23H26ClFN4O4. The Bertz CT molecular complexity index is 1140. The second-order valence-corrected chi connectivity index (χ2v) is 7.83. The predicted octanol–water partition coefficient (Wildman–Crippen LogP) is 3.11. The molecule has 2 heterocycles. The van der Waals surface area contributed by atoms with Gasteiger partial charge in [-0.1, -0.05) is 11.2 Å². The highest BCUT2D eigenvalue weighted by Gasteiger charge is 2.25. The van der Waals surface area contributed by atoms with Crippen molar-refractivity contribution in [1.29, 1.82) is 0 Å². The van der Waals surface area contributed by atoms with Gasteiger partial charge in [-0.2, -0.15) is 0 Å². The van der Waals surface area contributed by atoms with Crippen molar-refractivity contribution in [3.8, 4) is 5.75 Å². The van der Waals surface area contributed by atoms with Gasteiger partial charge in [-0.3, -0.25) is 9.59 Å². The van der Waals surface area contributed by atoms with Crippen LogP contribution in [0.5, 0.6) is 5.75 Å². The van der Waals surface area contributed by atoms with Crippen molar-refractivity contribution in [2.24, 2.45) is 5.73 Å². The van der Waals surface area contributed by atoms with Crippen LogP contribution in [0.3, 0.4) is 0 Å². The minimum atomic E-state index is -0.681. The molecule has 0 bridgehead atoms. The molecule has 1 fully saturated rings. The summed E-state index contributed by atoms with van der Waals surface area (Å²) in [6.45, 7) is 2.78. The Kier molecular flexibility index (Phi) is 7.88. The van der Waals surface area contributed by atoms with E-state index in [0.717, 1.165) is 37.0 Å². The minimum absolute atomic E-state index is 0. The van der Waals surface area contributed by atoms with Crippen LogP contribution in [0.2, 0.25) is 0 Å². The zero-order valence-corrected chi connectivity index (χ0v) is 19.0. The van der Waals surface area contributed by atoms with Crippen molar-refractivity contribution < 1.29 is 23.2 Å². The summed E-state index contributed by atoms with van der Waals surface area (Å²) in [5.74, 6) is -0.863. The van der Waals surface area contributed by atoms with E-state index in [9.17, 15) is 14.0 Å². The van der Waals surface area contributed by atoms with Crippen LogP contribution in [-0.2, 0) is 0 Å². The SMILES string of the molecule is COc1cccc(C(N)=O)c1C(=O)NCCN1CCC(c2noc3cc(F)ccc23)CC1.Cl. The van der Waals surface area contributed by atoms with Gasteiger partial charge in [0.25, 0.3) is 5.91 Å². The van der Waals surface area contributed by atoms with E-state index in [1.165, 1.54) is 25.3 Å². The highest BCUT2D eigenvalue weighted by molar-refractivity contribution is 6.08. The molecular weight excluding hydrogens is 451 g/mol. The molecule has 0 spiro atoms. The third kappa shape index (κ3) is 5.26. The molecule has 8 nitrogen and oxygen atoms in total. The molecule has 4 rings (SSSR count). The quantitative estimate of drug-likeness (QED) is 0.542. The van der Waals surface area contributed by atoms with Crippen molar-refractivity contribution in [3.05, 3.63) is 59.0 Å². The summed E-state index contributed by atoms with van der Waals surface area (Å²) in [6.07, 6.45) is 1.79. The van der Waals surface area contributed by atoms with E-state index in [2.05, 4.69) is 15.4 Å². The summed E-state index contributed by atoms with van der Waals surface area (Å²) < 4.78 is 23.9. The number of nitrogens with two attached hydrogens (primary N) is 1. The van der Waals surface area contributed by atoms with E-state index in [1.54, 1.807) is 18.2 Å². The van der Waals surface area contributed by atoms with E-state index >= 15 is 0 Å². The molecule has 3 aromatic rings. The summed E-state index contributed by atoms with van der Waals surface area (Å²) in [7, 11) is 1.44. The van der Waals surface area contributed by atoms with Crippen molar-refractivity contribution in [3.63, 3.8) is 0 Å². The third-order valence-electron chi connectivity index (χ3n) is 5.89. The number of likely N-dealkylation sites (tertiary alicyclic amines) is 1. The number of amides is 2. The largest absolute Gasteiger partial charge is 0.496 e. The Labute approximate surface area is 196 Å². The van der Waals surface area contributed by atoms with Gasteiger partial charge in [0.1, 0.15) is 11.6 Å². The highest BCUT2D eigenvalue weighted by Crippen LogP contribution is 2.32. The average Bonchev–Trinajstić information content (AvgIpc) is 3.21. The molecule has 10 heteroatoms. The number of ether oxygens (including phenoxy) is 1. The smallest absolute Gasteiger partial charge is 0.255 e. The van der Waals surface area contributed by atoms with E-state index in [4.69, 9.17) is 15.0 Å². The highest BCUT2D eigenvalue weighted by atomic mass is 35.5. The number of piperidine rings is 1. The Morgan fingerprint density at radius 2 is 2.03 bits per heavy atom. The Morgan fingerprint density at radius 1 is 1.27 bits per heavy atom. The van der Waals surface area contributed by atoms with E-state index in [-0.39, 0.29) is 35.3 Å². The van der Waals surface area contributed by atoms with Gasteiger partial charge >= 0.3 is 0 Å². The third-order valence-corrected chi connectivity index (χ3v) is 5.89. The van der Waals surface area contributed by atoms with Gasteiger partial charge in [-0.05, 0) is 50.2 Å². The summed E-state index contributed by atoms with van der Waals surface area (Å²) in [6, 6.07) is 9.24. The standard InChI is InChI=1S/C23H25FN4O4.ClH/c1-31-18-4-2-3-17(22(25)29)20(18)23(30)26-9-12-28-10-7-14(8-11-28)21-16-6-5-15(24)13-19(16)32-27-21;/h2-6,13-14H,7-12H2,1H3,(H2,25,29)(H,26,30);1H. The zero-order chi connectivity index (χ0) is 22.7. The number of hydrogen-bond donors (Lipinski definition) is 2. The van der Waals surface area contributed by atoms with Crippen molar-refractivity contribution in [2.45, 2.75) is 18.8 Å².